The molecule has 4 nitrogen and oxygen atoms in total. The molecule has 2 heterocycles. The number of fused-ring (bicyclic) bond motifs is 1. The van der Waals surface area contributed by atoms with Crippen LogP contribution in [0.4, 0.5) is 0 Å². The lowest BCUT2D eigenvalue weighted by Crippen LogP contribution is -2.33. The molecule has 1 atom stereocenters. The van der Waals surface area contributed by atoms with Gasteiger partial charge >= 0.3 is 0 Å². The van der Waals surface area contributed by atoms with E-state index in [1.54, 1.807) is 7.11 Å². The van der Waals surface area contributed by atoms with Crippen LogP contribution in [0.2, 0.25) is 0 Å². The average Bonchev–Trinajstić information content (AvgIpc) is 2.98. The number of nitrogens with one attached hydrogen (secondary N) is 1. The maximum absolute atomic E-state index is 5.47. The summed E-state index contributed by atoms with van der Waals surface area (Å²) in [6, 6.07) is 21.2. The van der Waals surface area contributed by atoms with Crippen molar-refractivity contribution in [3.8, 4) is 5.75 Å². The van der Waals surface area contributed by atoms with Gasteiger partial charge in [-0.2, -0.15) is 0 Å². The van der Waals surface area contributed by atoms with Crippen LogP contribution in [0, 0.1) is 0 Å². The molecular weight excluding hydrogens is 322 g/mol. The highest BCUT2D eigenvalue weighted by molar-refractivity contribution is 5.78. The van der Waals surface area contributed by atoms with Gasteiger partial charge in [0.1, 0.15) is 5.75 Å². The van der Waals surface area contributed by atoms with Crippen molar-refractivity contribution >= 4 is 10.9 Å². The number of nitrogens with zero attached hydrogens (tertiary/aromatic N) is 2. The van der Waals surface area contributed by atoms with Crippen molar-refractivity contribution in [2.45, 2.75) is 12.5 Å². The molecule has 3 aromatic rings. The summed E-state index contributed by atoms with van der Waals surface area (Å²) in [6.07, 6.45) is 1.15. The molecule has 26 heavy (non-hydrogen) atoms. The highest BCUT2D eigenvalue weighted by atomic mass is 16.5. The summed E-state index contributed by atoms with van der Waals surface area (Å²) in [5.41, 5.74) is 3.37. The van der Waals surface area contributed by atoms with Gasteiger partial charge in [0.25, 0.3) is 0 Å². The van der Waals surface area contributed by atoms with E-state index in [-0.39, 0.29) is 6.04 Å². The first-order valence-corrected chi connectivity index (χ1v) is 9.29. The maximum atomic E-state index is 5.47. The molecule has 0 saturated carbocycles. The van der Waals surface area contributed by atoms with Crippen molar-refractivity contribution in [3.63, 3.8) is 0 Å². The summed E-state index contributed by atoms with van der Waals surface area (Å²) < 4.78 is 5.47. The summed E-state index contributed by atoms with van der Waals surface area (Å²) in [4.78, 5) is 7.54. The van der Waals surface area contributed by atoms with E-state index >= 15 is 0 Å². The van der Waals surface area contributed by atoms with Gasteiger partial charge in [-0.05, 0) is 42.8 Å². The smallest absolute Gasteiger partial charge is 0.119 e. The molecule has 0 radical (unpaired) electrons. The molecule has 134 valence electrons. The van der Waals surface area contributed by atoms with E-state index < -0.39 is 0 Å². The van der Waals surface area contributed by atoms with Crippen molar-refractivity contribution in [2.24, 2.45) is 0 Å². The molecule has 1 aliphatic heterocycles. The first kappa shape index (κ1) is 17.0. The second kappa shape index (κ2) is 7.85. The fourth-order valence-electron chi connectivity index (χ4n) is 3.74. The number of pyridine rings is 1. The third-order valence-corrected chi connectivity index (χ3v) is 5.05. The first-order chi connectivity index (χ1) is 12.8. The number of benzene rings is 2. The number of para-hydroxylation sites is 1. The van der Waals surface area contributed by atoms with Crippen molar-refractivity contribution < 1.29 is 4.74 Å². The van der Waals surface area contributed by atoms with Crippen LogP contribution in [-0.2, 0) is 0 Å². The lowest BCUT2D eigenvalue weighted by molar-refractivity contribution is 0.237. The fraction of sp³-hybridized carbons (Fsp3) is 0.318. The van der Waals surface area contributed by atoms with Crippen LogP contribution in [0.5, 0.6) is 5.75 Å². The van der Waals surface area contributed by atoms with Gasteiger partial charge in [-0.3, -0.25) is 9.88 Å². The minimum atomic E-state index is 0.134. The Morgan fingerprint density at radius 1 is 1.00 bits per heavy atom. The molecule has 0 spiro atoms. The zero-order chi connectivity index (χ0) is 17.8. The van der Waals surface area contributed by atoms with E-state index in [0.29, 0.717) is 0 Å². The normalized spacial score (nSPS) is 17.0. The van der Waals surface area contributed by atoms with E-state index in [4.69, 9.17) is 9.72 Å². The van der Waals surface area contributed by atoms with Crippen molar-refractivity contribution in [1.82, 2.24) is 15.2 Å². The van der Waals surface area contributed by atoms with Gasteiger partial charge in [-0.25, -0.2) is 0 Å². The van der Waals surface area contributed by atoms with Crippen LogP contribution in [0.3, 0.4) is 0 Å². The molecule has 1 N–H and O–H groups in total. The minimum Gasteiger partial charge on any atom is -0.497 e. The first-order valence-electron chi connectivity index (χ1n) is 9.29. The number of ether oxygens (including phenoxy) is 1. The van der Waals surface area contributed by atoms with Gasteiger partial charge in [0, 0.05) is 25.0 Å². The summed E-state index contributed by atoms with van der Waals surface area (Å²) in [6.45, 7) is 4.15. The van der Waals surface area contributed by atoms with Crippen LogP contribution in [-0.4, -0.2) is 43.2 Å². The average molecular weight is 347 g/mol. The molecule has 4 heteroatoms. The van der Waals surface area contributed by atoms with Gasteiger partial charge in [0.2, 0.25) is 0 Å². The molecule has 0 aliphatic carbocycles. The van der Waals surface area contributed by atoms with E-state index in [1.165, 1.54) is 10.9 Å². The quantitative estimate of drug-likeness (QED) is 0.782. The summed E-state index contributed by atoms with van der Waals surface area (Å²) in [7, 11) is 1.72. The largest absolute Gasteiger partial charge is 0.497 e. The fourth-order valence-corrected chi connectivity index (χ4v) is 3.74. The predicted molar refractivity (Wildman–Crippen MR) is 106 cm³/mol. The number of rotatable bonds is 4. The molecule has 1 aliphatic rings. The van der Waals surface area contributed by atoms with E-state index in [1.807, 2.05) is 6.07 Å². The lowest BCUT2D eigenvalue weighted by Gasteiger charge is -2.31. The van der Waals surface area contributed by atoms with Crippen LogP contribution in [0.1, 0.15) is 23.7 Å². The maximum Gasteiger partial charge on any atom is 0.119 e. The van der Waals surface area contributed by atoms with E-state index in [2.05, 4.69) is 64.8 Å². The van der Waals surface area contributed by atoms with Crippen molar-refractivity contribution in [1.29, 1.82) is 0 Å². The van der Waals surface area contributed by atoms with Crippen LogP contribution in [0.15, 0.2) is 60.7 Å². The van der Waals surface area contributed by atoms with Crippen molar-refractivity contribution in [2.75, 3.05) is 33.3 Å². The van der Waals surface area contributed by atoms with Gasteiger partial charge in [0.05, 0.1) is 24.4 Å². The molecule has 1 aromatic heterocycles. The summed E-state index contributed by atoms with van der Waals surface area (Å²) >= 11 is 0. The molecule has 4 rings (SSSR count). The Morgan fingerprint density at radius 3 is 2.85 bits per heavy atom. The molecule has 1 fully saturated rings. The topological polar surface area (TPSA) is 37.4 Å². The Bertz CT molecular complexity index is 872. The third-order valence-electron chi connectivity index (χ3n) is 5.05. The lowest BCUT2D eigenvalue weighted by atomic mass is 9.99. The summed E-state index contributed by atoms with van der Waals surface area (Å²) in [5, 5.41) is 4.68. The molecule has 0 bridgehead atoms. The Morgan fingerprint density at radius 2 is 1.92 bits per heavy atom. The molecule has 2 aromatic carbocycles. The molecule has 1 saturated heterocycles. The number of hydrogen-bond donors (Lipinski definition) is 1. The van der Waals surface area contributed by atoms with Gasteiger partial charge in [-0.15, -0.1) is 0 Å². The zero-order valence-electron chi connectivity index (χ0n) is 15.2. The monoisotopic (exact) mass is 347 g/mol. The second-order valence-electron chi connectivity index (χ2n) is 6.75. The molecule has 1 unspecified atom stereocenters. The highest BCUT2D eigenvalue weighted by Gasteiger charge is 2.25. The van der Waals surface area contributed by atoms with Gasteiger partial charge in [-0.1, -0.05) is 36.4 Å². The van der Waals surface area contributed by atoms with Crippen LogP contribution < -0.4 is 10.1 Å². The van der Waals surface area contributed by atoms with Gasteiger partial charge < -0.3 is 10.1 Å². The highest BCUT2D eigenvalue weighted by Crippen LogP contribution is 2.31. The SMILES string of the molecule is COc1cccc(C(c2ccc3ccccc3n2)N2CCCNCC2)c1. The molecular formula is C22H25N3O. The minimum absolute atomic E-state index is 0.134. The van der Waals surface area contributed by atoms with E-state index in [0.717, 1.165) is 49.6 Å². The third kappa shape index (κ3) is 3.57. The Kier molecular flexibility index (Phi) is 5.14. The standard InChI is InChI=1S/C22H25N3O/c1-26-19-8-4-7-18(16-19)22(25-14-5-12-23-13-15-25)21-11-10-17-6-2-3-9-20(17)24-21/h2-4,6-11,16,22-23H,5,12-15H2,1H3. The Labute approximate surface area is 154 Å². The zero-order valence-corrected chi connectivity index (χ0v) is 15.2. The number of hydrogen-bond acceptors (Lipinski definition) is 4. The Hall–Kier alpha value is -2.43. The van der Waals surface area contributed by atoms with Crippen LogP contribution >= 0.6 is 0 Å². The number of aromatic nitrogens is 1. The van der Waals surface area contributed by atoms with E-state index in [9.17, 15) is 0 Å². The van der Waals surface area contributed by atoms with Crippen LogP contribution in [0.25, 0.3) is 10.9 Å². The number of methoxy groups -OCH3 is 1. The Balaban J connectivity index is 1.79. The van der Waals surface area contributed by atoms with Gasteiger partial charge in [0.15, 0.2) is 0 Å². The summed E-state index contributed by atoms with van der Waals surface area (Å²) in [5.74, 6) is 0.890. The van der Waals surface area contributed by atoms with Crippen molar-refractivity contribution in [3.05, 3.63) is 71.9 Å². The second-order valence-corrected chi connectivity index (χ2v) is 6.75. The predicted octanol–water partition coefficient (Wildman–Crippen LogP) is 3.63. The molecule has 0 amide bonds.